The Balaban J connectivity index is 2.51. The first kappa shape index (κ1) is 16.9. The number of carbonyl (C=O) groups is 1. The number of amides is 1. The first-order valence-corrected chi connectivity index (χ1v) is 8.05. The topological polar surface area (TPSA) is 75.3 Å². The van der Waals surface area contributed by atoms with Crippen LogP contribution in [0.4, 0.5) is 5.69 Å². The molecule has 0 saturated heterocycles. The van der Waals surface area contributed by atoms with Gasteiger partial charge in [0.2, 0.25) is 5.91 Å². The summed E-state index contributed by atoms with van der Waals surface area (Å²) in [6, 6.07) is 7.56. The Bertz CT molecular complexity index is 418. The number of anilines is 1. The summed E-state index contributed by atoms with van der Waals surface area (Å²) >= 11 is 1.56. The Kier molecular flexibility index (Phi) is 6.88. The Morgan fingerprint density at radius 1 is 1.35 bits per heavy atom. The number of thioether (sulfide) groups is 1. The monoisotopic (exact) mass is 296 g/mol. The quantitative estimate of drug-likeness (QED) is 0.673. The average molecular weight is 296 g/mol. The zero-order chi connectivity index (χ0) is 15.1. The Labute approximate surface area is 125 Å². The summed E-state index contributed by atoms with van der Waals surface area (Å²) in [5.74, 6) is 0.152. The fraction of sp³-hybridized carbons (Fsp3) is 0.533. The molecular weight excluding hydrogens is 272 g/mol. The van der Waals surface area contributed by atoms with E-state index in [1.165, 1.54) is 0 Å². The van der Waals surface area contributed by atoms with E-state index in [1.807, 2.05) is 44.4 Å². The number of carbonyl (C=O) groups excluding carboxylic acids is 1. The molecule has 4 nitrogen and oxygen atoms in total. The Morgan fingerprint density at radius 2 is 1.95 bits per heavy atom. The highest BCUT2D eigenvalue weighted by atomic mass is 32.2. The average Bonchev–Trinajstić information content (AvgIpc) is 2.40. The van der Waals surface area contributed by atoms with E-state index >= 15 is 0 Å². The van der Waals surface area contributed by atoms with Crippen LogP contribution in [0.1, 0.15) is 31.7 Å². The summed E-state index contributed by atoms with van der Waals surface area (Å²) in [7, 11) is 0. The third-order valence-corrected chi connectivity index (χ3v) is 4.59. The number of hydrogen-bond acceptors (Lipinski definition) is 4. The molecule has 1 aromatic rings. The van der Waals surface area contributed by atoms with Crippen molar-refractivity contribution >= 4 is 23.4 Å². The lowest BCUT2D eigenvalue weighted by atomic mass is 9.97. The Morgan fingerprint density at radius 3 is 2.45 bits per heavy atom. The number of nitrogen functional groups attached to an aromatic ring is 1. The summed E-state index contributed by atoms with van der Waals surface area (Å²) in [5.41, 5.74) is 7.48. The molecular formula is C15H24N2O2S. The normalized spacial score (nSPS) is 15.4. The minimum Gasteiger partial charge on any atom is -0.399 e. The first-order valence-electron chi connectivity index (χ1n) is 6.76. The van der Waals surface area contributed by atoms with E-state index in [0.29, 0.717) is 6.42 Å². The highest BCUT2D eigenvalue weighted by Crippen LogP contribution is 2.20. The van der Waals surface area contributed by atoms with Crippen molar-refractivity contribution in [1.29, 1.82) is 0 Å². The molecule has 0 spiro atoms. The van der Waals surface area contributed by atoms with Crippen molar-refractivity contribution < 1.29 is 9.90 Å². The fourth-order valence-corrected chi connectivity index (χ4v) is 2.69. The van der Waals surface area contributed by atoms with Gasteiger partial charge in [-0.25, -0.2) is 0 Å². The number of hydrogen-bond donors (Lipinski definition) is 3. The second-order valence-electron chi connectivity index (χ2n) is 5.08. The molecule has 112 valence electrons. The molecule has 0 aliphatic carbocycles. The van der Waals surface area contributed by atoms with Crippen LogP contribution in [0.25, 0.3) is 0 Å². The molecule has 0 heterocycles. The molecule has 0 radical (unpaired) electrons. The molecule has 20 heavy (non-hydrogen) atoms. The first-order chi connectivity index (χ1) is 9.47. The molecule has 1 amide bonds. The molecule has 3 unspecified atom stereocenters. The van der Waals surface area contributed by atoms with Gasteiger partial charge in [-0.1, -0.05) is 19.1 Å². The van der Waals surface area contributed by atoms with Crippen molar-refractivity contribution in [2.45, 2.75) is 37.5 Å². The molecule has 0 saturated carbocycles. The second-order valence-corrected chi connectivity index (χ2v) is 6.16. The van der Waals surface area contributed by atoms with Crippen molar-refractivity contribution in [3.8, 4) is 0 Å². The predicted molar refractivity (Wildman–Crippen MR) is 85.9 cm³/mol. The number of aliphatic hydroxyl groups is 1. The summed E-state index contributed by atoms with van der Waals surface area (Å²) in [4.78, 5) is 12.0. The van der Waals surface area contributed by atoms with Crippen LogP contribution < -0.4 is 11.1 Å². The molecule has 1 aromatic carbocycles. The van der Waals surface area contributed by atoms with Gasteiger partial charge in [0, 0.05) is 23.4 Å². The van der Waals surface area contributed by atoms with E-state index in [1.54, 1.807) is 11.8 Å². The summed E-state index contributed by atoms with van der Waals surface area (Å²) in [6.07, 6.45) is 2.36. The lowest BCUT2D eigenvalue weighted by Crippen LogP contribution is -2.41. The standard InChI is InChI=1S/C15H24N2O2S/c1-10(12-4-6-13(16)7-5-12)8-15(19)17-11(2)14(9-18)20-3/h4-7,10-11,14,18H,8-9,16H2,1-3H3,(H,17,19). The number of nitrogens with one attached hydrogen (secondary N) is 1. The van der Waals surface area contributed by atoms with Crippen LogP contribution in [-0.4, -0.2) is 35.2 Å². The predicted octanol–water partition coefficient (Wildman–Crippen LogP) is 1.99. The SMILES string of the molecule is CSC(CO)C(C)NC(=O)CC(C)c1ccc(N)cc1. The number of benzene rings is 1. The van der Waals surface area contributed by atoms with Gasteiger partial charge in [-0.2, -0.15) is 11.8 Å². The van der Waals surface area contributed by atoms with Crippen molar-refractivity contribution in [3.05, 3.63) is 29.8 Å². The van der Waals surface area contributed by atoms with Gasteiger partial charge in [0.05, 0.1) is 6.61 Å². The van der Waals surface area contributed by atoms with Gasteiger partial charge in [0.25, 0.3) is 0 Å². The second kappa shape index (κ2) is 8.17. The van der Waals surface area contributed by atoms with Crippen LogP contribution in [0.3, 0.4) is 0 Å². The molecule has 3 atom stereocenters. The molecule has 0 aliphatic heterocycles. The number of rotatable bonds is 7. The van der Waals surface area contributed by atoms with Crippen LogP contribution in [0, 0.1) is 0 Å². The van der Waals surface area contributed by atoms with Crippen LogP contribution in [0.5, 0.6) is 0 Å². The van der Waals surface area contributed by atoms with Crippen molar-refractivity contribution in [2.24, 2.45) is 0 Å². The molecule has 0 bridgehead atoms. The lowest BCUT2D eigenvalue weighted by molar-refractivity contribution is -0.122. The molecule has 4 N–H and O–H groups in total. The maximum absolute atomic E-state index is 12.0. The number of aliphatic hydroxyl groups excluding tert-OH is 1. The molecule has 0 aromatic heterocycles. The van der Waals surface area contributed by atoms with Crippen molar-refractivity contribution in [2.75, 3.05) is 18.6 Å². The maximum atomic E-state index is 12.0. The van der Waals surface area contributed by atoms with E-state index in [0.717, 1.165) is 11.3 Å². The van der Waals surface area contributed by atoms with Crippen LogP contribution >= 0.6 is 11.8 Å². The molecule has 0 aliphatic rings. The van der Waals surface area contributed by atoms with Gasteiger partial charge >= 0.3 is 0 Å². The number of nitrogens with two attached hydrogens (primary N) is 1. The molecule has 5 heteroatoms. The van der Waals surface area contributed by atoms with E-state index in [4.69, 9.17) is 5.73 Å². The highest BCUT2D eigenvalue weighted by Gasteiger charge is 2.19. The zero-order valence-corrected chi connectivity index (χ0v) is 13.1. The van der Waals surface area contributed by atoms with Crippen LogP contribution in [-0.2, 0) is 4.79 Å². The zero-order valence-electron chi connectivity index (χ0n) is 12.3. The maximum Gasteiger partial charge on any atom is 0.220 e. The van der Waals surface area contributed by atoms with Crippen molar-refractivity contribution in [1.82, 2.24) is 5.32 Å². The van der Waals surface area contributed by atoms with Gasteiger partial charge in [0.1, 0.15) is 0 Å². The molecule has 0 fully saturated rings. The van der Waals surface area contributed by atoms with E-state index in [-0.39, 0.29) is 29.7 Å². The largest absolute Gasteiger partial charge is 0.399 e. The molecule has 1 rings (SSSR count). The minimum absolute atomic E-state index is 0.00863. The van der Waals surface area contributed by atoms with Gasteiger partial charge in [-0.3, -0.25) is 4.79 Å². The van der Waals surface area contributed by atoms with Gasteiger partial charge < -0.3 is 16.2 Å². The van der Waals surface area contributed by atoms with Gasteiger partial charge in [-0.15, -0.1) is 0 Å². The van der Waals surface area contributed by atoms with Crippen LogP contribution in [0.2, 0.25) is 0 Å². The van der Waals surface area contributed by atoms with Gasteiger partial charge in [-0.05, 0) is 36.8 Å². The van der Waals surface area contributed by atoms with E-state index in [9.17, 15) is 9.90 Å². The Hall–Kier alpha value is -1.20. The van der Waals surface area contributed by atoms with Gasteiger partial charge in [0.15, 0.2) is 0 Å². The van der Waals surface area contributed by atoms with Crippen molar-refractivity contribution in [3.63, 3.8) is 0 Å². The van der Waals surface area contributed by atoms with E-state index < -0.39 is 0 Å². The third-order valence-electron chi connectivity index (χ3n) is 3.43. The lowest BCUT2D eigenvalue weighted by Gasteiger charge is -2.22. The third kappa shape index (κ3) is 5.06. The minimum atomic E-state index is -0.0406. The highest BCUT2D eigenvalue weighted by molar-refractivity contribution is 7.99. The fourth-order valence-electron chi connectivity index (χ4n) is 2.06. The summed E-state index contributed by atoms with van der Waals surface area (Å²) in [5, 5.41) is 12.2. The summed E-state index contributed by atoms with van der Waals surface area (Å²) < 4.78 is 0. The summed E-state index contributed by atoms with van der Waals surface area (Å²) in [6.45, 7) is 4.01. The van der Waals surface area contributed by atoms with Crippen LogP contribution in [0.15, 0.2) is 24.3 Å². The van der Waals surface area contributed by atoms with E-state index in [2.05, 4.69) is 5.32 Å². The smallest absolute Gasteiger partial charge is 0.220 e.